The zero-order chi connectivity index (χ0) is 13.1. The van der Waals surface area contributed by atoms with Gasteiger partial charge in [-0.25, -0.2) is 0 Å². The molecule has 0 aromatic carbocycles. The lowest BCUT2D eigenvalue weighted by molar-refractivity contribution is 0.0686. The van der Waals surface area contributed by atoms with Crippen molar-refractivity contribution in [3.8, 4) is 0 Å². The molecule has 0 saturated heterocycles. The number of hydrogen-bond donors (Lipinski definition) is 2. The maximum Gasteiger partial charge on any atom is 0.133 e. The number of unbranched alkanes of at least 4 members (excludes halogenated alkanes) is 1. The Balaban J connectivity index is 1.87. The molecule has 0 fully saturated rings. The van der Waals surface area contributed by atoms with Gasteiger partial charge in [0, 0.05) is 20.3 Å². The first kappa shape index (κ1) is 15.2. The van der Waals surface area contributed by atoms with Crippen molar-refractivity contribution in [2.75, 3.05) is 40.0 Å². The van der Waals surface area contributed by atoms with Gasteiger partial charge in [-0.2, -0.15) is 0 Å². The van der Waals surface area contributed by atoms with Gasteiger partial charge in [0.15, 0.2) is 0 Å². The highest BCUT2D eigenvalue weighted by molar-refractivity contribution is 5.01. The smallest absolute Gasteiger partial charge is 0.133 e. The van der Waals surface area contributed by atoms with Gasteiger partial charge in [0.1, 0.15) is 11.9 Å². The highest BCUT2D eigenvalue weighted by Gasteiger charge is 2.08. The maximum absolute atomic E-state index is 9.71. The van der Waals surface area contributed by atoms with Crippen LogP contribution in [0.3, 0.4) is 0 Å². The second-order valence-corrected chi connectivity index (χ2v) is 4.05. The number of nitrogens with one attached hydrogen (secondary N) is 1. The molecule has 0 aliphatic heterocycles. The fourth-order valence-corrected chi connectivity index (χ4v) is 1.52. The summed E-state index contributed by atoms with van der Waals surface area (Å²) in [6.07, 6.45) is 3.03. The second kappa shape index (κ2) is 10.1. The minimum Gasteiger partial charge on any atom is -0.467 e. The lowest BCUT2D eigenvalue weighted by Crippen LogP contribution is -2.22. The number of aliphatic hydroxyl groups excluding tert-OH is 1. The van der Waals surface area contributed by atoms with E-state index in [-0.39, 0.29) is 0 Å². The van der Waals surface area contributed by atoms with E-state index in [4.69, 9.17) is 13.9 Å². The Kier molecular flexibility index (Phi) is 8.50. The first-order chi connectivity index (χ1) is 8.84. The largest absolute Gasteiger partial charge is 0.467 e. The molecule has 0 aliphatic rings. The van der Waals surface area contributed by atoms with Crippen molar-refractivity contribution in [3.63, 3.8) is 0 Å². The van der Waals surface area contributed by atoms with E-state index in [1.54, 1.807) is 25.5 Å². The number of methoxy groups -OCH3 is 1. The molecule has 2 N–H and O–H groups in total. The van der Waals surface area contributed by atoms with Crippen molar-refractivity contribution in [2.24, 2.45) is 0 Å². The standard InChI is InChI=1S/C13H23NO4/c1-16-9-10-17-7-3-2-6-14-11-12(15)13-5-4-8-18-13/h4-5,8,12,14-15H,2-3,6-7,9-11H2,1H3. The summed E-state index contributed by atoms with van der Waals surface area (Å²) >= 11 is 0. The van der Waals surface area contributed by atoms with Gasteiger partial charge in [0.05, 0.1) is 19.5 Å². The van der Waals surface area contributed by atoms with Crippen LogP contribution in [-0.2, 0) is 9.47 Å². The molecule has 0 aliphatic carbocycles. The van der Waals surface area contributed by atoms with Crippen LogP contribution in [0.5, 0.6) is 0 Å². The number of rotatable bonds is 11. The van der Waals surface area contributed by atoms with Gasteiger partial charge in [-0.15, -0.1) is 0 Å². The lowest BCUT2D eigenvalue weighted by Gasteiger charge is -2.09. The Bertz CT molecular complexity index is 277. The Morgan fingerprint density at radius 2 is 2.22 bits per heavy atom. The summed E-state index contributed by atoms with van der Waals surface area (Å²) in [4.78, 5) is 0. The minimum atomic E-state index is -0.571. The molecule has 5 nitrogen and oxygen atoms in total. The van der Waals surface area contributed by atoms with Crippen molar-refractivity contribution >= 4 is 0 Å². The van der Waals surface area contributed by atoms with E-state index in [1.165, 1.54) is 0 Å². The molecule has 0 spiro atoms. The summed E-state index contributed by atoms with van der Waals surface area (Å²) in [5.74, 6) is 0.602. The predicted octanol–water partition coefficient (Wildman–Crippen LogP) is 1.35. The van der Waals surface area contributed by atoms with Crippen LogP contribution in [0.1, 0.15) is 24.7 Å². The normalized spacial score (nSPS) is 12.8. The molecule has 1 aromatic rings. The van der Waals surface area contributed by atoms with E-state index >= 15 is 0 Å². The number of furan rings is 1. The molecule has 0 amide bonds. The minimum absolute atomic E-state index is 0.512. The topological polar surface area (TPSA) is 63.9 Å². The Hall–Kier alpha value is -0.880. The van der Waals surface area contributed by atoms with Crippen LogP contribution in [0.25, 0.3) is 0 Å². The summed E-state index contributed by atoms with van der Waals surface area (Å²) in [6, 6.07) is 3.55. The molecule has 5 heteroatoms. The number of ether oxygens (including phenoxy) is 2. The van der Waals surface area contributed by atoms with Crippen LogP contribution >= 0.6 is 0 Å². The third-order valence-electron chi connectivity index (χ3n) is 2.53. The van der Waals surface area contributed by atoms with Crippen LogP contribution < -0.4 is 5.32 Å². The highest BCUT2D eigenvalue weighted by Crippen LogP contribution is 2.11. The summed E-state index contributed by atoms with van der Waals surface area (Å²) < 4.78 is 15.3. The fraction of sp³-hybridized carbons (Fsp3) is 0.692. The third kappa shape index (κ3) is 6.76. The Morgan fingerprint density at radius 1 is 1.33 bits per heavy atom. The summed E-state index contributed by atoms with van der Waals surface area (Å²) in [6.45, 7) is 3.43. The molecule has 1 heterocycles. The van der Waals surface area contributed by atoms with Crippen LogP contribution in [0.15, 0.2) is 22.8 Å². The first-order valence-electron chi connectivity index (χ1n) is 6.33. The molecule has 1 atom stereocenters. The molecule has 0 saturated carbocycles. The van der Waals surface area contributed by atoms with E-state index in [0.29, 0.717) is 25.5 Å². The van der Waals surface area contributed by atoms with Gasteiger partial charge < -0.3 is 24.3 Å². The zero-order valence-corrected chi connectivity index (χ0v) is 10.9. The van der Waals surface area contributed by atoms with Crippen molar-refractivity contribution in [1.82, 2.24) is 5.32 Å². The van der Waals surface area contributed by atoms with Gasteiger partial charge in [-0.1, -0.05) is 0 Å². The molecular formula is C13H23NO4. The van der Waals surface area contributed by atoms with Crippen LogP contribution in [-0.4, -0.2) is 45.1 Å². The van der Waals surface area contributed by atoms with E-state index in [9.17, 15) is 5.11 Å². The van der Waals surface area contributed by atoms with Crippen LogP contribution in [0.2, 0.25) is 0 Å². The molecule has 18 heavy (non-hydrogen) atoms. The summed E-state index contributed by atoms with van der Waals surface area (Å²) in [7, 11) is 1.66. The number of hydrogen-bond acceptors (Lipinski definition) is 5. The molecule has 104 valence electrons. The van der Waals surface area contributed by atoms with Crippen molar-refractivity contribution in [3.05, 3.63) is 24.2 Å². The van der Waals surface area contributed by atoms with Crippen molar-refractivity contribution in [2.45, 2.75) is 18.9 Å². The average molecular weight is 257 g/mol. The van der Waals surface area contributed by atoms with Gasteiger partial charge in [-0.3, -0.25) is 0 Å². The molecule has 0 radical (unpaired) electrons. The van der Waals surface area contributed by atoms with E-state index in [1.807, 2.05) is 0 Å². The zero-order valence-electron chi connectivity index (χ0n) is 10.9. The molecular weight excluding hydrogens is 234 g/mol. The molecule has 1 aromatic heterocycles. The van der Waals surface area contributed by atoms with Crippen molar-refractivity contribution in [1.29, 1.82) is 0 Å². The highest BCUT2D eigenvalue weighted by atomic mass is 16.5. The van der Waals surface area contributed by atoms with Gasteiger partial charge in [-0.05, 0) is 31.5 Å². The van der Waals surface area contributed by atoms with Crippen LogP contribution in [0.4, 0.5) is 0 Å². The Labute approximate surface area is 108 Å². The average Bonchev–Trinajstić information content (AvgIpc) is 2.90. The SMILES string of the molecule is COCCOCCCCNCC(O)c1ccco1. The van der Waals surface area contributed by atoms with E-state index < -0.39 is 6.10 Å². The van der Waals surface area contributed by atoms with Gasteiger partial charge >= 0.3 is 0 Å². The monoisotopic (exact) mass is 257 g/mol. The van der Waals surface area contributed by atoms with Crippen LogP contribution in [0, 0.1) is 0 Å². The predicted molar refractivity (Wildman–Crippen MR) is 68.5 cm³/mol. The van der Waals surface area contributed by atoms with Gasteiger partial charge in [0.25, 0.3) is 0 Å². The van der Waals surface area contributed by atoms with E-state index in [2.05, 4.69) is 5.32 Å². The maximum atomic E-state index is 9.71. The molecule has 1 rings (SSSR count). The quantitative estimate of drug-likeness (QED) is 0.586. The molecule has 1 unspecified atom stereocenters. The number of aliphatic hydroxyl groups is 1. The fourth-order valence-electron chi connectivity index (χ4n) is 1.52. The van der Waals surface area contributed by atoms with Gasteiger partial charge in [0.2, 0.25) is 0 Å². The molecule has 0 bridgehead atoms. The first-order valence-corrected chi connectivity index (χ1v) is 6.33. The van der Waals surface area contributed by atoms with E-state index in [0.717, 1.165) is 26.0 Å². The Morgan fingerprint density at radius 3 is 2.94 bits per heavy atom. The lowest BCUT2D eigenvalue weighted by atomic mass is 10.2. The summed E-state index contributed by atoms with van der Waals surface area (Å²) in [5.41, 5.74) is 0. The summed E-state index contributed by atoms with van der Waals surface area (Å²) in [5, 5.41) is 12.9. The second-order valence-electron chi connectivity index (χ2n) is 4.05. The third-order valence-corrected chi connectivity index (χ3v) is 2.53. The van der Waals surface area contributed by atoms with Crippen molar-refractivity contribution < 1.29 is 19.0 Å².